The number of aliphatic hydroxyl groups is 1. The predicted molar refractivity (Wildman–Crippen MR) is 107 cm³/mol. The highest BCUT2D eigenvalue weighted by molar-refractivity contribution is 5.76. The van der Waals surface area contributed by atoms with E-state index in [0.717, 1.165) is 19.3 Å². The zero-order valence-corrected chi connectivity index (χ0v) is 17.8. The number of piperazine rings is 1. The Morgan fingerprint density at radius 3 is 2.76 bits per heavy atom. The molecule has 0 radical (unpaired) electrons. The lowest BCUT2D eigenvalue weighted by Crippen LogP contribution is -2.56. The van der Waals surface area contributed by atoms with Crippen LogP contribution >= 0.6 is 0 Å². The molecular weight excluding hydrogens is 372 g/mol. The number of nitrogens with zero attached hydrogens (tertiary/aromatic N) is 2. The van der Waals surface area contributed by atoms with Crippen LogP contribution in [0, 0.1) is 23.2 Å². The minimum absolute atomic E-state index is 0.159. The van der Waals surface area contributed by atoms with Gasteiger partial charge in [-0.3, -0.25) is 9.69 Å². The Bertz CT molecular complexity index is 687. The van der Waals surface area contributed by atoms with Crippen LogP contribution in [0.25, 0.3) is 0 Å². The summed E-state index contributed by atoms with van der Waals surface area (Å²) in [7, 11) is 0. The van der Waals surface area contributed by atoms with Gasteiger partial charge in [-0.1, -0.05) is 25.5 Å². The summed E-state index contributed by atoms with van der Waals surface area (Å²) < 4.78 is 10.8. The van der Waals surface area contributed by atoms with Crippen LogP contribution in [0.15, 0.2) is 11.6 Å². The van der Waals surface area contributed by atoms with Crippen molar-refractivity contribution in [2.75, 3.05) is 39.3 Å². The fourth-order valence-corrected chi connectivity index (χ4v) is 5.88. The molecule has 4 rings (SSSR count). The van der Waals surface area contributed by atoms with Gasteiger partial charge in [-0.25, -0.2) is 4.79 Å². The van der Waals surface area contributed by atoms with Crippen molar-refractivity contribution in [3.8, 4) is 0 Å². The molecule has 0 spiro atoms. The highest BCUT2D eigenvalue weighted by Crippen LogP contribution is 2.56. The summed E-state index contributed by atoms with van der Waals surface area (Å²) in [5.41, 5.74) is 0.996. The van der Waals surface area contributed by atoms with Gasteiger partial charge in [0.2, 0.25) is 0 Å². The number of ether oxygens (including phenoxy) is 2. The van der Waals surface area contributed by atoms with Gasteiger partial charge in [0.15, 0.2) is 0 Å². The average molecular weight is 407 g/mol. The van der Waals surface area contributed by atoms with Gasteiger partial charge in [-0.05, 0) is 25.7 Å². The highest BCUT2D eigenvalue weighted by atomic mass is 16.6. The predicted octanol–water partition coefficient (Wildman–Crippen LogP) is 2.05. The maximum absolute atomic E-state index is 12.7. The van der Waals surface area contributed by atoms with E-state index in [1.165, 1.54) is 5.57 Å². The summed E-state index contributed by atoms with van der Waals surface area (Å²) in [6.07, 6.45) is 4.07. The first-order valence-corrected chi connectivity index (χ1v) is 11.1. The molecule has 2 heterocycles. The third-order valence-electron chi connectivity index (χ3n) is 7.92. The van der Waals surface area contributed by atoms with E-state index < -0.39 is 6.10 Å². The van der Waals surface area contributed by atoms with Crippen LogP contribution in [0.1, 0.15) is 40.0 Å². The topological polar surface area (TPSA) is 79.3 Å². The van der Waals surface area contributed by atoms with Crippen molar-refractivity contribution in [3.05, 3.63) is 11.6 Å². The van der Waals surface area contributed by atoms with Gasteiger partial charge in [0, 0.05) is 50.5 Å². The van der Waals surface area contributed by atoms with Crippen LogP contribution in [0.4, 0.5) is 4.79 Å². The SMILES string of the molecule is CCOC(=O)N1CCN(C[C@@H]2C(=O)O[C@H]3CC4=CCC[C@@H](C)[C@]4(C)[C@@H](O)[C@@H]32)CC1. The third-order valence-corrected chi connectivity index (χ3v) is 7.92. The molecule has 29 heavy (non-hydrogen) atoms. The van der Waals surface area contributed by atoms with Crippen LogP contribution < -0.4 is 0 Å². The van der Waals surface area contributed by atoms with Crippen LogP contribution in [0.2, 0.25) is 0 Å². The largest absolute Gasteiger partial charge is 0.461 e. The van der Waals surface area contributed by atoms with Gasteiger partial charge >= 0.3 is 12.1 Å². The molecule has 6 atom stereocenters. The molecule has 0 unspecified atom stereocenters. The number of fused-ring (bicyclic) bond motifs is 2. The smallest absolute Gasteiger partial charge is 0.409 e. The molecule has 7 nitrogen and oxygen atoms in total. The molecule has 0 aromatic heterocycles. The third kappa shape index (κ3) is 3.46. The van der Waals surface area contributed by atoms with Crippen LogP contribution in [-0.2, 0) is 14.3 Å². The van der Waals surface area contributed by atoms with Gasteiger partial charge < -0.3 is 19.5 Å². The Morgan fingerprint density at radius 2 is 2.07 bits per heavy atom. The zero-order chi connectivity index (χ0) is 20.8. The van der Waals surface area contributed by atoms with Crippen LogP contribution in [-0.4, -0.2) is 78.5 Å². The van der Waals surface area contributed by atoms with Crippen molar-refractivity contribution in [1.29, 1.82) is 0 Å². The molecular formula is C22H34N2O5. The number of rotatable bonds is 3. The van der Waals surface area contributed by atoms with Crippen LogP contribution in [0.5, 0.6) is 0 Å². The molecule has 0 bridgehead atoms. The summed E-state index contributed by atoms with van der Waals surface area (Å²) in [5, 5.41) is 11.4. The van der Waals surface area contributed by atoms with E-state index in [2.05, 4.69) is 24.8 Å². The molecule has 1 saturated carbocycles. The van der Waals surface area contributed by atoms with Crippen molar-refractivity contribution in [1.82, 2.24) is 9.80 Å². The van der Waals surface area contributed by atoms with E-state index in [1.807, 2.05) is 0 Å². The second-order valence-corrected chi connectivity index (χ2v) is 9.29. The Labute approximate surface area is 173 Å². The number of amides is 1. The first-order valence-electron chi connectivity index (χ1n) is 11.1. The Hall–Kier alpha value is -1.60. The van der Waals surface area contributed by atoms with Crippen molar-refractivity contribution in [3.63, 3.8) is 0 Å². The quantitative estimate of drug-likeness (QED) is 0.571. The number of allylic oxidation sites excluding steroid dienone is 1. The lowest BCUT2D eigenvalue weighted by molar-refractivity contribution is -0.145. The molecule has 1 amide bonds. The average Bonchev–Trinajstić information content (AvgIpc) is 3.00. The van der Waals surface area contributed by atoms with Crippen molar-refractivity contribution in [2.24, 2.45) is 23.2 Å². The molecule has 4 aliphatic rings. The van der Waals surface area contributed by atoms with Gasteiger partial charge in [0.05, 0.1) is 18.6 Å². The van der Waals surface area contributed by atoms with E-state index in [9.17, 15) is 14.7 Å². The number of carbonyl (C=O) groups excluding carboxylic acids is 2. The molecule has 7 heteroatoms. The minimum atomic E-state index is -0.569. The Kier molecular flexibility index (Phi) is 5.64. The minimum Gasteiger partial charge on any atom is -0.461 e. The summed E-state index contributed by atoms with van der Waals surface area (Å²) in [5.74, 6) is -0.254. The van der Waals surface area contributed by atoms with Crippen molar-refractivity contribution in [2.45, 2.75) is 52.2 Å². The number of hydrogen-bond acceptors (Lipinski definition) is 6. The highest BCUT2D eigenvalue weighted by Gasteiger charge is 2.59. The van der Waals surface area contributed by atoms with E-state index in [-0.39, 0.29) is 35.4 Å². The standard InChI is InChI=1S/C22H34N2O5/c1-4-28-21(27)24-10-8-23(9-11-24)13-16-18-17(29-20(16)26)12-15-7-5-6-14(2)22(15,3)19(18)25/h7,14,16-19,25H,4-6,8-13H2,1-3H3/t14-,16+,17+,18-,19+,22+/m1/s1. The molecule has 0 aromatic carbocycles. The van der Waals surface area contributed by atoms with E-state index in [4.69, 9.17) is 9.47 Å². The first-order chi connectivity index (χ1) is 13.9. The Balaban J connectivity index is 1.44. The molecule has 2 aliphatic carbocycles. The fourth-order valence-electron chi connectivity index (χ4n) is 5.88. The Morgan fingerprint density at radius 1 is 1.34 bits per heavy atom. The summed E-state index contributed by atoms with van der Waals surface area (Å²) in [6.45, 7) is 9.75. The number of carbonyl (C=O) groups is 2. The molecule has 3 fully saturated rings. The van der Waals surface area contributed by atoms with Gasteiger partial charge in [0.25, 0.3) is 0 Å². The summed E-state index contributed by atoms with van der Waals surface area (Å²) in [6, 6.07) is 0. The van der Waals surface area contributed by atoms with Gasteiger partial charge in [-0.15, -0.1) is 0 Å². The van der Waals surface area contributed by atoms with E-state index in [1.54, 1.807) is 11.8 Å². The lowest BCUT2D eigenvalue weighted by atomic mass is 9.55. The van der Waals surface area contributed by atoms with Gasteiger partial charge in [0.1, 0.15) is 6.10 Å². The number of esters is 1. The summed E-state index contributed by atoms with van der Waals surface area (Å²) in [4.78, 5) is 28.6. The summed E-state index contributed by atoms with van der Waals surface area (Å²) >= 11 is 0. The number of aliphatic hydroxyl groups excluding tert-OH is 1. The van der Waals surface area contributed by atoms with Crippen LogP contribution in [0.3, 0.4) is 0 Å². The molecule has 0 aromatic rings. The molecule has 162 valence electrons. The molecule has 2 aliphatic heterocycles. The lowest BCUT2D eigenvalue weighted by Gasteiger charge is -2.52. The van der Waals surface area contributed by atoms with E-state index in [0.29, 0.717) is 45.2 Å². The number of hydrogen-bond donors (Lipinski definition) is 1. The monoisotopic (exact) mass is 406 g/mol. The second kappa shape index (κ2) is 7.91. The molecule has 2 saturated heterocycles. The maximum atomic E-state index is 12.7. The first kappa shape index (κ1) is 20.7. The van der Waals surface area contributed by atoms with Crippen molar-refractivity contribution < 1.29 is 24.2 Å². The second-order valence-electron chi connectivity index (χ2n) is 9.29. The fraction of sp³-hybridized carbons (Fsp3) is 0.818. The maximum Gasteiger partial charge on any atom is 0.409 e. The van der Waals surface area contributed by atoms with Crippen molar-refractivity contribution >= 4 is 12.1 Å². The zero-order valence-electron chi connectivity index (χ0n) is 17.8. The normalized spacial score (nSPS) is 40.0. The van der Waals surface area contributed by atoms with Gasteiger partial charge in [-0.2, -0.15) is 0 Å². The van der Waals surface area contributed by atoms with E-state index >= 15 is 0 Å². The molecule has 1 N–H and O–H groups in total.